The summed E-state index contributed by atoms with van der Waals surface area (Å²) in [5.41, 5.74) is 1.28. The number of anilines is 1. The van der Waals surface area contributed by atoms with E-state index in [9.17, 15) is 9.90 Å². The number of hydrogen-bond acceptors (Lipinski definition) is 4. The van der Waals surface area contributed by atoms with E-state index in [1.807, 2.05) is 0 Å². The maximum atomic E-state index is 11.9. The van der Waals surface area contributed by atoms with Crippen LogP contribution in [0.1, 0.15) is 40.8 Å². The van der Waals surface area contributed by atoms with Gasteiger partial charge in [0.2, 0.25) is 5.82 Å². The van der Waals surface area contributed by atoms with Crippen LogP contribution in [0.15, 0.2) is 18.2 Å². The Balaban J connectivity index is 1.74. The van der Waals surface area contributed by atoms with Gasteiger partial charge in [0, 0.05) is 17.7 Å². The highest BCUT2D eigenvalue weighted by atomic mass is 16.3. The minimum atomic E-state index is -0.383. The Kier molecular flexibility index (Phi) is 2.70. The van der Waals surface area contributed by atoms with Crippen molar-refractivity contribution in [3.63, 3.8) is 0 Å². The van der Waals surface area contributed by atoms with E-state index in [4.69, 9.17) is 0 Å². The number of hydrogen-bond donors (Lipinski definition) is 3. The standard InChI is InChI=1S/C13H14N4O2/c1-7-2-5-9(6-10(7)18)14-13(19)12-15-11(16-17-12)8-3-4-8/h2,5-6,8,18H,3-4H2,1H3,(H,14,19)(H,15,16,17). The third kappa shape index (κ3) is 2.42. The molecular weight excluding hydrogens is 244 g/mol. The van der Waals surface area contributed by atoms with Gasteiger partial charge in [-0.2, -0.15) is 0 Å². The molecule has 1 aliphatic rings. The van der Waals surface area contributed by atoms with Crippen molar-refractivity contribution >= 4 is 11.6 Å². The smallest absolute Gasteiger partial charge is 0.295 e. The zero-order chi connectivity index (χ0) is 13.4. The number of carbonyl (C=O) groups excluding carboxylic acids is 1. The van der Waals surface area contributed by atoms with Crippen molar-refractivity contribution in [3.05, 3.63) is 35.4 Å². The number of rotatable bonds is 3. The fraction of sp³-hybridized carbons (Fsp3) is 0.308. The molecule has 6 heteroatoms. The summed E-state index contributed by atoms with van der Waals surface area (Å²) in [4.78, 5) is 16.1. The number of nitrogens with zero attached hydrogens (tertiary/aromatic N) is 2. The number of phenolic OH excluding ortho intramolecular Hbond substituents is 1. The average Bonchev–Trinajstić information content (AvgIpc) is 3.11. The molecule has 0 atom stereocenters. The molecule has 0 radical (unpaired) electrons. The maximum Gasteiger partial charge on any atom is 0.295 e. The molecule has 0 spiro atoms. The topological polar surface area (TPSA) is 90.9 Å². The lowest BCUT2D eigenvalue weighted by Gasteiger charge is -2.04. The predicted octanol–water partition coefficient (Wildman–Crippen LogP) is 1.95. The normalized spacial score (nSPS) is 14.4. The van der Waals surface area contributed by atoms with Crippen molar-refractivity contribution in [2.45, 2.75) is 25.7 Å². The first-order chi connectivity index (χ1) is 9.13. The average molecular weight is 258 g/mol. The van der Waals surface area contributed by atoms with Crippen LogP contribution in [-0.4, -0.2) is 26.2 Å². The third-order valence-electron chi connectivity index (χ3n) is 3.14. The van der Waals surface area contributed by atoms with Gasteiger partial charge in [0.1, 0.15) is 11.6 Å². The van der Waals surface area contributed by atoms with Crippen LogP contribution in [-0.2, 0) is 0 Å². The van der Waals surface area contributed by atoms with Crippen LogP contribution in [0.3, 0.4) is 0 Å². The Labute approximate surface area is 109 Å². The van der Waals surface area contributed by atoms with E-state index in [2.05, 4.69) is 20.5 Å². The second-order valence-corrected chi connectivity index (χ2v) is 4.77. The summed E-state index contributed by atoms with van der Waals surface area (Å²) in [5.74, 6) is 1.09. The zero-order valence-electron chi connectivity index (χ0n) is 10.5. The molecule has 6 nitrogen and oxygen atoms in total. The van der Waals surface area contributed by atoms with E-state index in [0.717, 1.165) is 24.2 Å². The Bertz CT molecular complexity index is 631. The number of carbonyl (C=O) groups is 1. The van der Waals surface area contributed by atoms with Crippen molar-refractivity contribution in [2.24, 2.45) is 0 Å². The second-order valence-electron chi connectivity index (χ2n) is 4.77. The summed E-state index contributed by atoms with van der Waals surface area (Å²) in [7, 11) is 0. The first kappa shape index (κ1) is 11.7. The van der Waals surface area contributed by atoms with E-state index in [0.29, 0.717) is 11.6 Å². The number of H-pyrrole nitrogens is 1. The Morgan fingerprint density at radius 1 is 1.47 bits per heavy atom. The van der Waals surface area contributed by atoms with E-state index in [1.54, 1.807) is 19.1 Å². The summed E-state index contributed by atoms with van der Waals surface area (Å²) in [6.45, 7) is 1.79. The summed E-state index contributed by atoms with van der Waals surface area (Å²) >= 11 is 0. The highest BCUT2D eigenvalue weighted by Crippen LogP contribution is 2.37. The molecule has 3 rings (SSSR count). The molecule has 3 N–H and O–H groups in total. The lowest BCUT2D eigenvalue weighted by atomic mass is 10.2. The first-order valence-corrected chi connectivity index (χ1v) is 6.17. The summed E-state index contributed by atoms with van der Waals surface area (Å²) in [5, 5.41) is 18.9. The minimum Gasteiger partial charge on any atom is -0.508 e. The Hall–Kier alpha value is -2.37. The summed E-state index contributed by atoms with van der Waals surface area (Å²) < 4.78 is 0. The van der Waals surface area contributed by atoms with Crippen molar-refractivity contribution in [1.29, 1.82) is 0 Å². The fourth-order valence-corrected chi connectivity index (χ4v) is 1.79. The second kappa shape index (κ2) is 4.38. The molecule has 0 bridgehead atoms. The molecular formula is C13H14N4O2. The van der Waals surface area contributed by atoms with Gasteiger partial charge in [-0.1, -0.05) is 6.07 Å². The van der Waals surface area contributed by atoms with Gasteiger partial charge in [-0.3, -0.25) is 9.89 Å². The molecule has 1 saturated carbocycles. The predicted molar refractivity (Wildman–Crippen MR) is 69.2 cm³/mol. The van der Waals surface area contributed by atoms with Crippen molar-refractivity contribution < 1.29 is 9.90 Å². The number of amides is 1. The van der Waals surface area contributed by atoms with Crippen molar-refractivity contribution in [2.75, 3.05) is 5.32 Å². The number of aromatic amines is 1. The lowest BCUT2D eigenvalue weighted by molar-refractivity contribution is 0.101. The van der Waals surface area contributed by atoms with E-state index >= 15 is 0 Å². The van der Waals surface area contributed by atoms with Gasteiger partial charge in [0.05, 0.1) is 0 Å². The van der Waals surface area contributed by atoms with Gasteiger partial charge in [0.25, 0.3) is 5.91 Å². The quantitative estimate of drug-likeness (QED) is 0.784. The molecule has 0 unspecified atom stereocenters. The number of aryl methyl sites for hydroxylation is 1. The van der Waals surface area contributed by atoms with E-state index in [1.165, 1.54) is 6.07 Å². The van der Waals surface area contributed by atoms with E-state index in [-0.39, 0.29) is 17.5 Å². The fourth-order valence-electron chi connectivity index (χ4n) is 1.79. The number of benzene rings is 1. The van der Waals surface area contributed by atoms with Crippen LogP contribution in [0.25, 0.3) is 0 Å². The molecule has 1 fully saturated rings. The van der Waals surface area contributed by atoms with Gasteiger partial charge in [-0.05, 0) is 31.4 Å². The first-order valence-electron chi connectivity index (χ1n) is 6.17. The van der Waals surface area contributed by atoms with Crippen molar-refractivity contribution in [1.82, 2.24) is 15.2 Å². The monoisotopic (exact) mass is 258 g/mol. The minimum absolute atomic E-state index is 0.127. The molecule has 1 heterocycles. The molecule has 2 aromatic rings. The lowest BCUT2D eigenvalue weighted by Crippen LogP contribution is -2.13. The number of aromatic nitrogens is 3. The summed E-state index contributed by atoms with van der Waals surface area (Å²) in [6, 6.07) is 4.96. The Morgan fingerprint density at radius 3 is 2.95 bits per heavy atom. The van der Waals surface area contributed by atoms with Crippen LogP contribution < -0.4 is 5.32 Å². The number of phenols is 1. The Morgan fingerprint density at radius 2 is 2.26 bits per heavy atom. The van der Waals surface area contributed by atoms with Crippen LogP contribution >= 0.6 is 0 Å². The van der Waals surface area contributed by atoms with Gasteiger partial charge >= 0.3 is 0 Å². The van der Waals surface area contributed by atoms with Gasteiger partial charge in [-0.15, -0.1) is 5.10 Å². The SMILES string of the molecule is Cc1ccc(NC(=O)c2n[nH]c(C3CC3)n2)cc1O. The van der Waals surface area contributed by atoms with Gasteiger partial charge in [0.15, 0.2) is 0 Å². The van der Waals surface area contributed by atoms with Crippen LogP contribution in [0.5, 0.6) is 5.75 Å². The van der Waals surface area contributed by atoms with Gasteiger partial charge in [-0.25, -0.2) is 4.98 Å². The van der Waals surface area contributed by atoms with Crippen molar-refractivity contribution in [3.8, 4) is 5.75 Å². The highest BCUT2D eigenvalue weighted by molar-refractivity contribution is 6.01. The molecule has 1 aromatic heterocycles. The highest BCUT2D eigenvalue weighted by Gasteiger charge is 2.28. The summed E-state index contributed by atoms with van der Waals surface area (Å²) in [6.07, 6.45) is 2.20. The molecule has 98 valence electrons. The number of nitrogens with one attached hydrogen (secondary N) is 2. The van der Waals surface area contributed by atoms with Crippen LogP contribution in [0.2, 0.25) is 0 Å². The molecule has 1 amide bonds. The van der Waals surface area contributed by atoms with E-state index < -0.39 is 0 Å². The molecule has 19 heavy (non-hydrogen) atoms. The van der Waals surface area contributed by atoms with Crippen LogP contribution in [0, 0.1) is 6.92 Å². The molecule has 1 aromatic carbocycles. The third-order valence-corrected chi connectivity index (χ3v) is 3.14. The van der Waals surface area contributed by atoms with Crippen LogP contribution in [0.4, 0.5) is 5.69 Å². The van der Waals surface area contributed by atoms with Gasteiger partial charge < -0.3 is 10.4 Å². The largest absolute Gasteiger partial charge is 0.508 e. The molecule has 1 aliphatic carbocycles. The maximum absolute atomic E-state index is 11.9. The molecule has 0 aliphatic heterocycles. The molecule has 0 saturated heterocycles. The zero-order valence-corrected chi connectivity index (χ0v) is 10.5. The number of aromatic hydroxyl groups is 1.